The summed E-state index contributed by atoms with van der Waals surface area (Å²) in [7, 11) is 0. The molecule has 6 rings (SSSR count). The molecule has 3 heteroatoms. The second-order valence-corrected chi connectivity index (χ2v) is 9.03. The van der Waals surface area contributed by atoms with E-state index in [2.05, 4.69) is 71.7 Å². The van der Waals surface area contributed by atoms with Crippen molar-refractivity contribution in [3.8, 4) is 0 Å². The molecule has 0 amide bonds. The molecule has 0 fully saturated rings. The molecule has 0 saturated heterocycles. The van der Waals surface area contributed by atoms with E-state index in [9.17, 15) is 4.79 Å². The highest BCUT2D eigenvalue weighted by molar-refractivity contribution is 5.92. The van der Waals surface area contributed by atoms with Crippen molar-refractivity contribution in [3.05, 3.63) is 89.0 Å². The topological polar surface area (TPSA) is 29.5 Å². The summed E-state index contributed by atoms with van der Waals surface area (Å²) >= 11 is 0. The van der Waals surface area contributed by atoms with Crippen LogP contribution in [0.25, 0.3) is 0 Å². The van der Waals surface area contributed by atoms with Crippen molar-refractivity contribution in [2.45, 2.75) is 37.6 Å². The lowest BCUT2D eigenvalue weighted by Gasteiger charge is -2.51. The summed E-state index contributed by atoms with van der Waals surface area (Å²) < 4.78 is 5.39. The van der Waals surface area contributed by atoms with Crippen LogP contribution >= 0.6 is 0 Å². The molecule has 3 nitrogen and oxygen atoms in total. The minimum absolute atomic E-state index is 0.198. The van der Waals surface area contributed by atoms with Gasteiger partial charge in [-0.1, -0.05) is 54.6 Å². The van der Waals surface area contributed by atoms with Crippen molar-refractivity contribution >= 4 is 11.7 Å². The van der Waals surface area contributed by atoms with Gasteiger partial charge in [-0.05, 0) is 60.4 Å². The van der Waals surface area contributed by atoms with E-state index in [0.29, 0.717) is 41.9 Å². The molecule has 0 N–H and O–H groups in total. The molecule has 4 aliphatic rings. The van der Waals surface area contributed by atoms with Gasteiger partial charge in [0.25, 0.3) is 0 Å². The van der Waals surface area contributed by atoms with Gasteiger partial charge >= 0.3 is 5.97 Å². The van der Waals surface area contributed by atoms with Crippen molar-refractivity contribution in [2.75, 3.05) is 18.1 Å². The van der Waals surface area contributed by atoms with Crippen LogP contribution in [0.2, 0.25) is 0 Å². The second-order valence-electron chi connectivity index (χ2n) is 9.03. The van der Waals surface area contributed by atoms with Crippen molar-refractivity contribution in [1.82, 2.24) is 0 Å². The highest BCUT2D eigenvalue weighted by Gasteiger charge is 2.48. The van der Waals surface area contributed by atoms with Gasteiger partial charge in [0, 0.05) is 24.1 Å². The normalized spacial score (nSPS) is 30.0. The smallest absolute Gasteiger partial charge is 0.338 e. The van der Waals surface area contributed by atoms with Crippen LogP contribution in [0.1, 0.15) is 64.7 Å². The Morgan fingerprint density at radius 2 is 1.77 bits per heavy atom. The number of carbonyl (C=O) groups excluding carboxylic acids is 1. The number of anilines is 1. The standard InChI is InChI=1S/C27H27NO2/c1-2-30-27(29)19-14-23-20-11-6-10-18(20)16-28-25(17-8-4-3-5-9-17)22-13-7-12-21(22)24(15-19)26(23)28/h3-9,11-12,14-15,18,20-22,25H,2,10,13,16H2,1H3/t18-,20+,21+,22+,25+/m1/s1. The molecule has 0 radical (unpaired) electrons. The quantitative estimate of drug-likeness (QED) is 0.487. The largest absolute Gasteiger partial charge is 0.462 e. The zero-order chi connectivity index (χ0) is 20.2. The van der Waals surface area contributed by atoms with Crippen molar-refractivity contribution < 1.29 is 9.53 Å². The van der Waals surface area contributed by atoms with Gasteiger partial charge in [-0.15, -0.1) is 0 Å². The first-order valence-electron chi connectivity index (χ1n) is 11.3. The Balaban J connectivity index is 1.57. The van der Waals surface area contributed by atoms with Crippen LogP contribution < -0.4 is 4.90 Å². The summed E-state index contributed by atoms with van der Waals surface area (Å²) in [6.45, 7) is 3.36. The number of nitrogens with zero attached hydrogens (tertiary/aromatic N) is 1. The molecule has 2 heterocycles. The highest BCUT2D eigenvalue weighted by Crippen LogP contribution is 2.58. The van der Waals surface area contributed by atoms with E-state index in [1.165, 1.54) is 22.4 Å². The Bertz CT molecular complexity index is 1040. The van der Waals surface area contributed by atoms with Crippen LogP contribution in [-0.4, -0.2) is 19.1 Å². The Labute approximate surface area is 178 Å². The van der Waals surface area contributed by atoms with E-state index in [-0.39, 0.29) is 5.97 Å². The molecule has 2 aromatic rings. The highest BCUT2D eigenvalue weighted by atomic mass is 16.5. The van der Waals surface area contributed by atoms with Crippen LogP contribution in [0.3, 0.4) is 0 Å². The molecule has 0 saturated carbocycles. The zero-order valence-electron chi connectivity index (χ0n) is 17.3. The third kappa shape index (κ3) is 2.54. The van der Waals surface area contributed by atoms with E-state index in [1.807, 2.05) is 6.92 Å². The maximum Gasteiger partial charge on any atom is 0.338 e. The van der Waals surface area contributed by atoms with Gasteiger partial charge in [0.15, 0.2) is 0 Å². The maximum absolute atomic E-state index is 12.7. The monoisotopic (exact) mass is 397 g/mol. The van der Waals surface area contributed by atoms with Crippen LogP contribution in [0, 0.1) is 11.8 Å². The minimum Gasteiger partial charge on any atom is -0.462 e. The number of carbonyl (C=O) groups is 1. The molecule has 152 valence electrons. The lowest BCUT2D eigenvalue weighted by Crippen LogP contribution is -2.46. The Morgan fingerprint density at radius 1 is 1.03 bits per heavy atom. The number of benzene rings is 2. The maximum atomic E-state index is 12.7. The Morgan fingerprint density at radius 3 is 2.57 bits per heavy atom. The lowest BCUT2D eigenvalue weighted by molar-refractivity contribution is 0.0526. The third-order valence-corrected chi connectivity index (χ3v) is 7.50. The zero-order valence-corrected chi connectivity index (χ0v) is 17.3. The van der Waals surface area contributed by atoms with Crippen molar-refractivity contribution in [2.24, 2.45) is 11.8 Å². The fourth-order valence-electron chi connectivity index (χ4n) is 6.34. The Hall–Kier alpha value is -2.81. The summed E-state index contributed by atoms with van der Waals surface area (Å²) in [5, 5.41) is 0. The lowest BCUT2D eigenvalue weighted by atomic mass is 9.70. The van der Waals surface area contributed by atoms with Crippen molar-refractivity contribution in [3.63, 3.8) is 0 Å². The third-order valence-electron chi connectivity index (χ3n) is 7.50. The van der Waals surface area contributed by atoms with Crippen LogP contribution in [0.5, 0.6) is 0 Å². The predicted molar refractivity (Wildman–Crippen MR) is 119 cm³/mol. The van der Waals surface area contributed by atoms with E-state index in [1.54, 1.807) is 0 Å². The van der Waals surface area contributed by atoms with Gasteiger partial charge in [0.1, 0.15) is 0 Å². The molecule has 2 aliphatic heterocycles. The molecule has 2 aliphatic carbocycles. The summed E-state index contributed by atoms with van der Waals surface area (Å²) in [6.07, 6.45) is 11.6. The molecule has 0 spiro atoms. The first-order valence-corrected chi connectivity index (χ1v) is 11.3. The Kier molecular flexibility index (Phi) is 4.12. The summed E-state index contributed by atoms with van der Waals surface area (Å²) in [5.74, 6) is 1.66. The summed E-state index contributed by atoms with van der Waals surface area (Å²) in [4.78, 5) is 15.4. The number of hydrogen-bond acceptors (Lipinski definition) is 3. The SMILES string of the molecule is CCOC(=O)c1cc2c3c(c1)[C@H]1C=CC[C@@H]1[C@H](c1ccccc1)N3C[C@H]1CC=C[C@H]21. The minimum atomic E-state index is -0.198. The summed E-state index contributed by atoms with van der Waals surface area (Å²) in [6, 6.07) is 15.6. The van der Waals surface area contributed by atoms with Gasteiger partial charge in [0.2, 0.25) is 0 Å². The van der Waals surface area contributed by atoms with Gasteiger partial charge in [-0.3, -0.25) is 0 Å². The van der Waals surface area contributed by atoms with Crippen molar-refractivity contribution in [1.29, 1.82) is 0 Å². The van der Waals surface area contributed by atoms with E-state index < -0.39 is 0 Å². The first kappa shape index (κ1) is 18.0. The molecular weight excluding hydrogens is 370 g/mol. The van der Waals surface area contributed by atoms with Gasteiger partial charge in [-0.25, -0.2) is 4.79 Å². The van der Waals surface area contributed by atoms with Crippen LogP contribution in [-0.2, 0) is 4.74 Å². The van der Waals surface area contributed by atoms with Gasteiger partial charge in [0.05, 0.1) is 18.2 Å². The van der Waals surface area contributed by atoms with E-state index in [0.717, 1.165) is 19.4 Å². The number of rotatable bonds is 3. The summed E-state index contributed by atoms with van der Waals surface area (Å²) in [5.41, 5.74) is 6.13. The van der Waals surface area contributed by atoms with E-state index >= 15 is 0 Å². The number of fused-ring (bicyclic) bond motifs is 4. The van der Waals surface area contributed by atoms with Crippen LogP contribution in [0.4, 0.5) is 5.69 Å². The number of hydrogen-bond donors (Lipinski definition) is 0. The molecule has 0 aromatic heterocycles. The second kappa shape index (κ2) is 6.87. The van der Waals surface area contributed by atoms with Gasteiger partial charge in [-0.2, -0.15) is 0 Å². The molecule has 30 heavy (non-hydrogen) atoms. The number of ether oxygens (including phenoxy) is 1. The molecule has 0 unspecified atom stereocenters. The molecular formula is C27H27NO2. The molecule has 0 bridgehead atoms. The van der Waals surface area contributed by atoms with E-state index in [4.69, 9.17) is 4.74 Å². The van der Waals surface area contributed by atoms with Gasteiger partial charge < -0.3 is 9.64 Å². The first-order chi connectivity index (χ1) is 14.8. The molecule has 5 atom stereocenters. The average Bonchev–Trinajstić information content (AvgIpc) is 3.44. The average molecular weight is 398 g/mol. The fourth-order valence-corrected chi connectivity index (χ4v) is 6.34. The van der Waals surface area contributed by atoms with Crippen LogP contribution in [0.15, 0.2) is 66.8 Å². The molecule has 2 aromatic carbocycles. The number of allylic oxidation sites excluding steroid dienone is 4. The number of esters is 1. The predicted octanol–water partition coefficient (Wildman–Crippen LogP) is 5.76. The fraction of sp³-hybridized carbons (Fsp3) is 0.370.